The second kappa shape index (κ2) is 7.15. The van der Waals surface area contributed by atoms with E-state index in [0.29, 0.717) is 23.8 Å². The van der Waals surface area contributed by atoms with E-state index in [9.17, 15) is 4.79 Å². The minimum Gasteiger partial charge on any atom is -0.497 e. The van der Waals surface area contributed by atoms with Crippen LogP contribution < -0.4 is 15.8 Å². The summed E-state index contributed by atoms with van der Waals surface area (Å²) in [6.45, 7) is 1.88. The molecule has 2 aromatic carbocycles. The Kier molecular flexibility index (Phi) is 4.52. The standard InChI is InChI=1S/C20H20N6O2/c1-3-15(17(21)27)22-20-23-16-7-5-4-6-14(16)19-24-18(25-26(19)20)12-8-10-13(28-2)11-9-12/h4-11,15H,3H2,1-2H3,(H2,21,27)(H,22,23). The number of methoxy groups -OCH3 is 1. The summed E-state index contributed by atoms with van der Waals surface area (Å²) in [5.74, 6) is 1.29. The summed E-state index contributed by atoms with van der Waals surface area (Å²) < 4.78 is 6.83. The number of benzene rings is 2. The quantitative estimate of drug-likeness (QED) is 0.536. The van der Waals surface area contributed by atoms with Gasteiger partial charge in [-0.2, -0.15) is 4.52 Å². The summed E-state index contributed by atoms with van der Waals surface area (Å²) in [6, 6.07) is 14.6. The lowest BCUT2D eigenvalue weighted by Gasteiger charge is -2.15. The first-order valence-electron chi connectivity index (χ1n) is 8.96. The van der Waals surface area contributed by atoms with E-state index in [1.165, 1.54) is 0 Å². The molecule has 2 heterocycles. The summed E-state index contributed by atoms with van der Waals surface area (Å²) in [5.41, 5.74) is 7.74. The lowest BCUT2D eigenvalue weighted by molar-refractivity contribution is -0.118. The van der Waals surface area contributed by atoms with Crippen LogP contribution in [-0.2, 0) is 4.79 Å². The highest BCUT2D eigenvalue weighted by Crippen LogP contribution is 2.25. The van der Waals surface area contributed by atoms with Crippen LogP contribution in [-0.4, -0.2) is 38.6 Å². The molecule has 0 aliphatic heterocycles. The van der Waals surface area contributed by atoms with Crippen LogP contribution in [0.3, 0.4) is 0 Å². The molecule has 0 saturated heterocycles. The molecule has 142 valence electrons. The average Bonchev–Trinajstić information content (AvgIpc) is 3.17. The number of primary amides is 1. The Morgan fingerprint density at radius 1 is 1.18 bits per heavy atom. The van der Waals surface area contributed by atoms with Crippen LogP contribution in [0.1, 0.15) is 13.3 Å². The molecule has 0 spiro atoms. The fraction of sp³-hybridized carbons (Fsp3) is 0.200. The second-order valence-electron chi connectivity index (χ2n) is 6.36. The zero-order valence-electron chi connectivity index (χ0n) is 15.6. The monoisotopic (exact) mass is 376 g/mol. The van der Waals surface area contributed by atoms with Crippen molar-refractivity contribution in [3.05, 3.63) is 48.5 Å². The van der Waals surface area contributed by atoms with Gasteiger partial charge in [0.25, 0.3) is 0 Å². The third kappa shape index (κ3) is 3.09. The largest absolute Gasteiger partial charge is 0.497 e. The lowest BCUT2D eigenvalue weighted by atomic mass is 10.2. The van der Waals surface area contributed by atoms with Crippen molar-refractivity contribution < 1.29 is 9.53 Å². The lowest BCUT2D eigenvalue weighted by Crippen LogP contribution is -2.35. The Labute approximate surface area is 161 Å². The maximum Gasteiger partial charge on any atom is 0.239 e. The van der Waals surface area contributed by atoms with Gasteiger partial charge in [0.15, 0.2) is 11.5 Å². The first kappa shape index (κ1) is 17.7. The van der Waals surface area contributed by atoms with Crippen molar-refractivity contribution >= 4 is 28.4 Å². The summed E-state index contributed by atoms with van der Waals surface area (Å²) in [4.78, 5) is 21.0. The number of nitrogens with zero attached hydrogens (tertiary/aromatic N) is 4. The van der Waals surface area contributed by atoms with Gasteiger partial charge in [0, 0.05) is 10.9 Å². The number of hydrogen-bond acceptors (Lipinski definition) is 6. The maximum absolute atomic E-state index is 11.7. The van der Waals surface area contributed by atoms with E-state index in [0.717, 1.165) is 22.2 Å². The Bertz CT molecular complexity index is 1150. The second-order valence-corrected chi connectivity index (χ2v) is 6.36. The molecule has 8 heteroatoms. The smallest absolute Gasteiger partial charge is 0.239 e. The molecule has 2 aromatic heterocycles. The predicted molar refractivity (Wildman–Crippen MR) is 107 cm³/mol. The summed E-state index contributed by atoms with van der Waals surface area (Å²) >= 11 is 0. The summed E-state index contributed by atoms with van der Waals surface area (Å²) in [5, 5.41) is 8.59. The van der Waals surface area contributed by atoms with Crippen LogP contribution in [0.2, 0.25) is 0 Å². The van der Waals surface area contributed by atoms with Crippen molar-refractivity contribution in [3.63, 3.8) is 0 Å². The Morgan fingerprint density at radius 2 is 1.93 bits per heavy atom. The van der Waals surface area contributed by atoms with Gasteiger partial charge in [0.05, 0.1) is 12.6 Å². The van der Waals surface area contributed by atoms with Crippen molar-refractivity contribution in [2.45, 2.75) is 19.4 Å². The van der Waals surface area contributed by atoms with Gasteiger partial charge in [-0.3, -0.25) is 4.79 Å². The number of para-hydroxylation sites is 1. The summed E-state index contributed by atoms with van der Waals surface area (Å²) in [7, 11) is 1.62. The van der Waals surface area contributed by atoms with Crippen LogP contribution in [0.25, 0.3) is 27.9 Å². The number of ether oxygens (including phenoxy) is 1. The van der Waals surface area contributed by atoms with E-state index >= 15 is 0 Å². The SMILES string of the molecule is CCC(Nc1nc2ccccc2c2nc(-c3ccc(OC)cc3)nn12)C(N)=O. The van der Waals surface area contributed by atoms with Gasteiger partial charge < -0.3 is 15.8 Å². The molecule has 0 bridgehead atoms. The average molecular weight is 376 g/mol. The third-order valence-corrected chi connectivity index (χ3v) is 4.58. The molecule has 8 nitrogen and oxygen atoms in total. The van der Waals surface area contributed by atoms with E-state index in [2.05, 4.69) is 15.4 Å². The van der Waals surface area contributed by atoms with Gasteiger partial charge in [-0.05, 0) is 42.8 Å². The number of carbonyl (C=O) groups is 1. The van der Waals surface area contributed by atoms with Gasteiger partial charge in [0.2, 0.25) is 11.9 Å². The molecule has 3 N–H and O–H groups in total. The highest BCUT2D eigenvalue weighted by molar-refractivity contribution is 5.93. The summed E-state index contributed by atoms with van der Waals surface area (Å²) in [6.07, 6.45) is 0.533. The van der Waals surface area contributed by atoms with Crippen molar-refractivity contribution in [1.82, 2.24) is 19.6 Å². The maximum atomic E-state index is 11.7. The Hall–Kier alpha value is -3.68. The Balaban J connectivity index is 1.90. The topological polar surface area (TPSA) is 107 Å². The zero-order chi connectivity index (χ0) is 19.7. The van der Waals surface area contributed by atoms with Gasteiger partial charge in [-0.1, -0.05) is 19.1 Å². The fourth-order valence-corrected chi connectivity index (χ4v) is 3.04. The number of anilines is 1. The molecular formula is C20H20N6O2. The molecule has 0 aliphatic carbocycles. The van der Waals surface area contributed by atoms with Gasteiger partial charge in [-0.25, -0.2) is 9.97 Å². The van der Waals surface area contributed by atoms with Crippen LogP contribution in [0, 0.1) is 0 Å². The number of rotatable bonds is 6. The molecule has 0 aliphatic rings. The number of aromatic nitrogens is 4. The number of fused-ring (bicyclic) bond motifs is 3. The molecule has 1 amide bonds. The fourth-order valence-electron chi connectivity index (χ4n) is 3.04. The molecule has 0 fully saturated rings. The first-order valence-corrected chi connectivity index (χ1v) is 8.96. The molecule has 0 radical (unpaired) electrons. The van der Waals surface area contributed by atoms with Gasteiger partial charge in [0.1, 0.15) is 11.8 Å². The van der Waals surface area contributed by atoms with Crippen molar-refractivity contribution in [3.8, 4) is 17.1 Å². The third-order valence-electron chi connectivity index (χ3n) is 4.58. The Morgan fingerprint density at radius 3 is 2.61 bits per heavy atom. The minimum absolute atomic E-state index is 0.423. The highest BCUT2D eigenvalue weighted by atomic mass is 16.5. The highest BCUT2D eigenvalue weighted by Gasteiger charge is 2.19. The van der Waals surface area contributed by atoms with Gasteiger partial charge >= 0.3 is 0 Å². The zero-order valence-corrected chi connectivity index (χ0v) is 15.6. The van der Waals surface area contributed by atoms with Crippen LogP contribution in [0.4, 0.5) is 5.95 Å². The van der Waals surface area contributed by atoms with E-state index in [1.807, 2.05) is 55.5 Å². The van der Waals surface area contributed by atoms with Crippen molar-refractivity contribution in [2.24, 2.45) is 5.73 Å². The molecule has 1 unspecified atom stereocenters. The molecule has 4 aromatic rings. The van der Waals surface area contributed by atoms with Crippen LogP contribution >= 0.6 is 0 Å². The predicted octanol–water partition coefficient (Wildman–Crippen LogP) is 2.63. The van der Waals surface area contributed by atoms with Crippen molar-refractivity contribution in [2.75, 3.05) is 12.4 Å². The van der Waals surface area contributed by atoms with E-state index in [1.54, 1.807) is 11.6 Å². The number of amides is 1. The molecular weight excluding hydrogens is 356 g/mol. The molecule has 1 atom stereocenters. The minimum atomic E-state index is -0.550. The van der Waals surface area contributed by atoms with Crippen molar-refractivity contribution in [1.29, 1.82) is 0 Å². The molecule has 4 rings (SSSR count). The van der Waals surface area contributed by atoms with E-state index < -0.39 is 11.9 Å². The number of hydrogen-bond donors (Lipinski definition) is 2. The number of nitrogens with one attached hydrogen (secondary N) is 1. The van der Waals surface area contributed by atoms with E-state index in [-0.39, 0.29) is 0 Å². The van der Waals surface area contributed by atoms with Gasteiger partial charge in [-0.15, -0.1) is 5.10 Å². The number of nitrogens with two attached hydrogens (primary N) is 1. The van der Waals surface area contributed by atoms with E-state index in [4.69, 9.17) is 15.5 Å². The normalized spacial score (nSPS) is 12.2. The number of carbonyl (C=O) groups excluding carboxylic acids is 1. The molecule has 0 saturated carbocycles. The van der Waals surface area contributed by atoms with Crippen LogP contribution in [0.5, 0.6) is 5.75 Å². The van der Waals surface area contributed by atoms with Crippen LogP contribution in [0.15, 0.2) is 48.5 Å². The first-order chi connectivity index (χ1) is 13.6. The molecule has 28 heavy (non-hydrogen) atoms.